The van der Waals surface area contributed by atoms with Crippen molar-refractivity contribution in [2.75, 3.05) is 0 Å². The van der Waals surface area contributed by atoms with E-state index in [-0.39, 0.29) is 31.2 Å². The van der Waals surface area contributed by atoms with Crippen molar-refractivity contribution in [2.45, 2.75) is 12.5 Å². The molecule has 1 heterocycles. The van der Waals surface area contributed by atoms with Crippen LogP contribution in [-0.4, -0.2) is 32.5 Å². The molecule has 0 aliphatic heterocycles. The summed E-state index contributed by atoms with van der Waals surface area (Å²) in [7, 11) is 0. The third kappa shape index (κ3) is 4.66. The summed E-state index contributed by atoms with van der Waals surface area (Å²) in [6.07, 6.45) is 1.65. The number of aromatic nitrogens is 3. The summed E-state index contributed by atoms with van der Waals surface area (Å²) in [6, 6.07) is -0.903. The van der Waals surface area contributed by atoms with Crippen LogP contribution in [0, 0.1) is 0 Å². The molecule has 0 fully saturated rings. The Morgan fingerprint density at radius 3 is 2.69 bits per heavy atom. The van der Waals surface area contributed by atoms with Crippen LogP contribution >= 0.6 is 24.8 Å². The van der Waals surface area contributed by atoms with Crippen LogP contribution in [0.5, 0.6) is 0 Å². The fourth-order valence-electron chi connectivity index (χ4n) is 0.636. The molecule has 4 N–H and O–H groups in total. The van der Waals surface area contributed by atoms with E-state index < -0.39 is 12.0 Å². The summed E-state index contributed by atoms with van der Waals surface area (Å²) < 4.78 is 0. The Balaban J connectivity index is 0. The average molecular weight is 229 g/mol. The highest BCUT2D eigenvalue weighted by Gasteiger charge is 2.12. The van der Waals surface area contributed by atoms with Crippen molar-refractivity contribution in [3.63, 3.8) is 0 Å². The number of nitrogens with one attached hydrogen (secondary N) is 1. The first-order chi connectivity index (χ1) is 5.20. The third-order valence-electron chi connectivity index (χ3n) is 1.21. The van der Waals surface area contributed by atoms with E-state index in [0.717, 1.165) is 0 Å². The second-order valence-electron chi connectivity index (χ2n) is 2.11. The summed E-state index contributed by atoms with van der Waals surface area (Å²) in [5.74, 6) is -1.03. The third-order valence-corrected chi connectivity index (χ3v) is 1.21. The molecule has 0 spiro atoms. The molecule has 6 nitrogen and oxygen atoms in total. The summed E-state index contributed by atoms with van der Waals surface area (Å²) in [4.78, 5) is 10.2. The zero-order valence-corrected chi connectivity index (χ0v) is 8.14. The van der Waals surface area contributed by atoms with Crippen LogP contribution in [-0.2, 0) is 11.2 Å². The van der Waals surface area contributed by atoms with Crippen molar-refractivity contribution in [1.29, 1.82) is 0 Å². The van der Waals surface area contributed by atoms with E-state index in [1.807, 2.05) is 0 Å². The van der Waals surface area contributed by atoms with Crippen LogP contribution in [0.15, 0.2) is 6.20 Å². The normalized spacial score (nSPS) is 10.8. The van der Waals surface area contributed by atoms with Gasteiger partial charge in [-0.3, -0.25) is 4.79 Å². The molecule has 0 unspecified atom stereocenters. The maximum Gasteiger partial charge on any atom is 0.320 e. The predicted molar refractivity (Wildman–Crippen MR) is 50.2 cm³/mol. The number of hydrogen-bond acceptors (Lipinski definition) is 4. The maximum atomic E-state index is 10.2. The van der Waals surface area contributed by atoms with Crippen LogP contribution in [0.1, 0.15) is 5.69 Å². The molecule has 13 heavy (non-hydrogen) atoms. The lowest BCUT2D eigenvalue weighted by atomic mass is 10.2. The van der Waals surface area contributed by atoms with E-state index in [2.05, 4.69) is 15.4 Å². The van der Waals surface area contributed by atoms with Gasteiger partial charge in [-0.15, -0.1) is 24.8 Å². The highest BCUT2D eigenvalue weighted by atomic mass is 35.5. The summed E-state index contributed by atoms with van der Waals surface area (Å²) in [5.41, 5.74) is 5.78. The number of aliphatic carboxylic acids is 1. The quantitative estimate of drug-likeness (QED) is 0.654. The zero-order chi connectivity index (χ0) is 8.27. The smallest absolute Gasteiger partial charge is 0.320 e. The largest absolute Gasteiger partial charge is 0.480 e. The molecular formula is C5H10Cl2N4O2. The molecule has 0 aliphatic rings. The fraction of sp³-hybridized carbons (Fsp3) is 0.400. The van der Waals surface area contributed by atoms with Crippen LogP contribution in [0.3, 0.4) is 0 Å². The Labute approximate surface area is 86.7 Å². The first-order valence-electron chi connectivity index (χ1n) is 3.03. The molecule has 0 aliphatic carbocycles. The molecule has 1 aromatic rings. The van der Waals surface area contributed by atoms with Gasteiger partial charge in [-0.05, 0) is 0 Å². The van der Waals surface area contributed by atoms with Gasteiger partial charge in [0.1, 0.15) is 6.04 Å². The minimum Gasteiger partial charge on any atom is -0.480 e. The van der Waals surface area contributed by atoms with E-state index in [4.69, 9.17) is 10.8 Å². The molecule has 8 heteroatoms. The summed E-state index contributed by atoms with van der Waals surface area (Å²) in [5, 5.41) is 17.9. The number of carbonyl (C=O) groups is 1. The molecule has 0 saturated heterocycles. The van der Waals surface area contributed by atoms with Crippen molar-refractivity contribution < 1.29 is 9.90 Å². The molecule has 0 amide bonds. The van der Waals surface area contributed by atoms with Gasteiger partial charge in [-0.1, -0.05) is 0 Å². The van der Waals surface area contributed by atoms with Gasteiger partial charge in [-0.2, -0.15) is 15.4 Å². The van der Waals surface area contributed by atoms with Gasteiger partial charge in [0.2, 0.25) is 0 Å². The maximum absolute atomic E-state index is 10.2. The Morgan fingerprint density at radius 1 is 1.69 bits per heavy atom. The monoisotopic (exact) mass is 228 g/mol. The second kappa shape index (κ2) is 6.64. The Bertz CT molecular complexity index is 241. The molecular weight excluding hydrogens is 219 g/mol. The molecule has 0 bridgehead atoms. The van der Waals surface area contributed by atoms with Crippen molar-refractivity contribution in [1.82, 2.24) is 15.4 Å². The average Bonchev–Trinajstić information content (AvgIpc) is 2.39. The number of H-pyrrole nitrogens is 1. The van der Waals surface area contributed by atoms with E-state index in [1.165, 1.54) is 6.20 Å². The Kier molecular flexibility index (Phi) is 7.49. The topological polar surface area (TPSA) is 105 Å². The van der Waals surface area contributed by atoms with E-state index in [9.17, 15) is 4.79 Å². The molecule has 0 saturated carbocycles. The standard InChI is InChI=1S/C5H8N4O2.2ClH/c6-4(5(10)11)1-3-2-7-9-8-3;;/h2,4H,1,6H2,(H,10,11)(H,7,8,9);2*1H/t4-;;/m1../s1. The van der Waals surface area contributed by atoms with E-state index >= 15 is 0 Å². The first kappa shape index (κ1) is 14.7. The second-order valence-corrected chi connectivity index (χ2v) is 2.11. The SMILES string of the molecule is Cl.Cl.N[C@H](Cc1cn[nH]n1)C(=O)O. The molecule has 1 atom stereocenters. The molecule has 1 rings (SSSR count). The van der Waals surface area contributed by atoms with Crippen molar-refractivity contribution in [3.8, 4) is 0 Å². The highest BCUT2D eigenvalue weighted by Crippen LogP contribution is 1.93. The molecule has 0 aromatic carbocycles. The number of carboxylic acids is 1. The lowest BCUT2D eigenvalue weighted by Crippen LogP contribution is -2.32. The van der Waals surface area contributed by atoms with Gasteiger partial charge in [0.25, 0.3) is 0 Å². The van der Waals surface area contributed by atoms with Crippen LogP contribution < -0.4 is 5.73 Å². The van der Waals surface area contributed by atoms with E-state index in [1.54, 1.807) is 0 Å². The van der Waals surface area contributed by atoms with E-state index in [0.29, 0.717) is 5.69 Å². The number of nitrogens with zero attached hydrogens (tertiary/aromatic N) is 2. The Morgan fingerprint density at radius 2 is 2.31 bits per heavy atom. The van der Waals surface area contributed by atoms with Gasteiger partial charge in [0, 0.05) is 6.42 Å². The van der Waals surface area contributed by atoms with Crippen LogP contribution in [0.4, 0.5) is 0 Å². The minimum absolute atomic E-state index is 0. The number of aromatic amines is 1. The molecule has 1 aromatic heterocycles. The lowest BCUT2D eigenvalue weighted by molar-refractivity contribution is -0.138. The molecule has 0 radical (unpaired) electrons. The fourth-order valence-corrected chi connectivity index (χ4v) is 0.636. The number of rotatable bonds is 3. The molecule has 76 valence electrons. The minimum atomic E-state index is -1.03. The number of hydrogen-bond donors (Lipinski definition) is 3. The summed E-state index contributed by atoms with van der Waals surface area (Å²) >= 11 is 0. The highest BCUT2D eigenvalue weighted by molar-refractivity contribution is 5.85. The van der Waals surface area contributed by atoms with Crippen molar-refractivity contribution >= 4 is 30.8 Å². The number of halogens is 2. The first-order valence-corrected chi connectivity index (χ1v) is 3.03. The van der Waals surface area contributed by atoms with Crippen LogP contribution in [0.2, 0.25) is 0 Å². The van der Waals surface area contributed by atoms with Gasteiger partial charge >= 0.3 is 5.97 Å². The Hall–Kier alpha value is -0.850. The van der Waals surface area contributed by atoms with Gasteiger partial charge < -0.3 is 10.8 Å². The summed E-state index contributed by atoms with van der Waals surface area (Å²) in [6.45, 7) is 0. The van der Waals surface area contributed by atoms with Crippen LogP contribution in [0.25, 0.3) is 0 Å². The van der Waals surface area contributed by atoms with Gasteiger partial charge in [0.05, 0.1) is 11.9 Å². The zero-order valence-electron chi connectivity index (χ0n) is 6.51. The van der Waals surface area contributed by atoms with Gasteiger partial charge in [0.15, 0.2) is 0 Å². The predicted octanol–water partition coefficient (Wildman–Crippen LogP) is -0.397. The van der Waals surface area contributed by atoms with Crippen molar-refractivity contribution in [3.05, 3.63) is 11.9 Å². The number of carboxylic acid groups (broad SMARTS) is 1. The lowest BCUT2D eigenvalue weighted by Gasteiger charge is -2.00. The number of nitrogens with two attached hydrogens (primary N) is 1. The van der Waals surface area contributed by atoms with Gasteiger partial charge in [-0.25, -0.2) is 0 Å². The van der Waals surface area contributed by atoms with Crippen molar-refractivity contribution in [2.24, 2.45) is 5.73 Å².